The summed E-state index contributed by atoms with van der Waals surface area (Å²) < 4.78 is 0. The molecule has 268 valence electrons. The van der Waals surface area contributed by atoms with Gasteiger partial charge in [-0.3, -0.25) is 0 Å². The molecule has 1 aliphatic carbocycles. The highest BCUT2D eigenvalue weighted by Gasteiger charge is 2.37. The van der Waals surface area contributed by atoms with E-state index in [1.165, 1.54) is 65.7 Å². The van der Waals surface area contributed by atoms with Crippen molar-refractivity contribution in [3.05, 3.63) is 205 Å². The zero-order chi connectivity index (χ0) is 38.1. The molecule has 0 spiro atoms. The number of rotatable bonds is 5. The van der Waals surface area contributed by atoms with E-state index in [9.17, 15) is 0 Å². The van der Waals surface area contributed by atoms with Gasteiger partial charge in [-0.25, -0.2) is 9.97 Å². The Morgan fingerprint density at radius 3 is 1.51 bits per heavy atom. The molecule has 10 aromatic rings. The van der Waals surface area contributed by atoms with Crippen molar-refractivity contribution in [2.24, 2.45) is 0 Å². The first kappa shape index (κ1) is 33.2. The van der Waals surface area contributed by atoms with Crippen LogP contribution < -0.4 is 0 Å². The van der Waals surface area contributed by atoms with Gasteiger partial charge in [0.05, 0.1) is 11.4 Å². The summed E-state index contributed by atoms with van der Waals surface area (Å²) in [6.45, 7) is 4.75. The standard InChI is InChI=1S/C55H38N2/c1-55(2)47-31-17-30-45(52(47)46-32-37-22-9-10-23-38(37)33-48(46)55)51-41-26-13-15-28-43(41)53(44-29-16-14-27-42(44)51)50-34-49(56-54(57-50)36-20-7-4-8-21-36)40-25-12-11-24-39(40)35-18-5-3-6-19-35/h3-34H,1-2H3. The highest BCUT2D eigenvalue weighted by molar-refractivity contribution is 6.22. The summed E-state index contributed by atoms with van der Waals surface area (Å²) in [4.78, 5) is 10.7. The van der Waals surface area contributed by atoms with Gasteiger partial charge in [-0.1, -0.05) is 190 Å². The summed E-state index contributed by atoms with van der Waals surface area (Å²) >= 11 is 0. The normalized spacial score (nSPS) is 12.9. The number of aromatic nitrogens is 2. The Balaban J connectivity index is 1.21. The molecule has 0 aliphatic heterocycles. The first-order chi connectivity index (χ1) is 28.0. The lowest BCUT2D eigenvalue weighted by molar-refractivity contribution is 0.661. The van der Waals surface area contributed by atoms with Crippen LogP contribution >= 0.6 is 0 Å². The molecule has 0 radical (unpaired) electrons. The Labute approximate surface area is 332 Å². The largest absolute Gasteiger partial charge is 0.228 e. The van der Waals surface area contributed by atoms with Crippen molar-refractivity contribution in [2.45, 2.75) is 19.3 Å². The first-order valence-corrected chi connectivity index (χ1v) is 19.8. The molecule has 2 nitrogen and oxygen atoms in total. The molecule has 0 amide bonds. The summed E-state index contributed by atoms with van der Waals surface area (Å²) in [6.07, 6.45) is 0. The Hall–Kier alpha value is -7.16. The van der Waals surface area contributed by atoms with E-state index in [2.05, 4.69) is 202 Å². The molecule has 0 bridgehead atoms. The van der Waals surface area contributed by atoms with E-state index in [1.54, 1.807) is 0 Å². The number of fused-ring (bicyclic) bond motifs is 6. The molecule has 1 aliphatic rings. The molecule has 1 heterocycles. The smallest absolute Gasteiger partial charge is 0.160 e. The van der Waals surface area contributed by atoms with Crippen molar-refractivity contribution in [3.63, 3.8) is 0 Å². The minimum absolute atomic E-state index is 0.141. The van der Waals surface area contributed by atoms with E-state index < -0.39 is 0 Å². The van der Waals surface area contributed by atoms with Crippen LogP contribution in [0.15, 0.2) is 194 Å². The summed E-state index contributed by atoms with van der Waals surface area (Å²) in [5.74, 6) is 0.704. The number of nitrogens with zero attached hydrogens (tertiary/aromatic N) is 2. The summed E-state index contributed by atoms with van der Waals surface area (Å²) in [5, 5.41) is 7.29. The van der Waals surface area contributed by atoms with Crippen molar-refractivity contribution < 1.29 is 0 Å². The molecule has 0 unspecified atom stereocenters. The third-order valence-corrected chi connectivity index (χ3v) is 12.1. The Morgan fingerprint density at radius 1 is 0.333 bits per heavy atom. The Kier molecular flexibility index (Phi) is 7.55. The van der Waals surface area contributed by atoms with Gasteiger partial charge in [0, 0.05) is 22.1 Å². The maximum absolute atomic E-state index is 5.43. The van der Waals surface area contributed by atoms with Crippen molar-refractivity contribution in [3.8, 4) is 67.3 Å². The van der Waals surface area contributed by atoms with E-state index in [1.807, 2.05) is 6.07 Å². The fraction of sp³-hybridized carbons (Fsp3) is 0.0545. The lowest BCUT2D eigenvalue weighted by Crippen LogP contribution is -2.14. The van der Waals surface area contributed by atoms with Crippen molar-refractivity contribution in [2.75, 3.05) is 0 Å². The van der Waals surface area contributed by atoms with Gasteiger partial charge >= 0.3 is 0 Å². The molecule has 9 aromatic carbocycles. The quantitative estimate of drug-likeness (QED) is 0.165. The van der Waals surface area contributed by atoms with Crippen LogP contribution in [0.25, 0.3) is 99.6 Å². The Bertz CT molecular complexity index is 3140. The number of benzene rings is 9. The summed E-state index contributed by atoms with van der Waals surface area (Å²) in [5.41, 5.74) is 15.0. The fourth-order valence-corrected chi connectivity index (χ4v) is 9.38. The predicted octanol–water partition coefficient (Wildman–Crippen LogP) is 14.6. The van der Waals surface area contributed by atoms with Crippen molar-refractivity contribution in [1.82, 2.24) is 9.97 Å². The third-order valence-electron chi connectivity index (χ3n) is 12.1. The molecule has 0 atom stereocenters. The van der Waals surface area contributed by atoms with Gasteiger partial charge in [0.25, 0.3) is 0 Å². The van der Waals surface area contributed by atoms with Gasteiger partial charge < -0.3 is 0 Å². The minimum Gasteiger partial charge on any atom is -0.228 e. The average Bonchev–Trinajstić information content (AvgIpc) is 3.50. The van der Waals surface area contributed by atoms with Crippen molar-refractivity contribution in [1.29, 1.82) is 0 Å². The highest BCUT2D eigenvalue weighted by atomic mass is 14.9. The molecule has 0 fully saturated rings. The van der Waals surface area contributed by atoms with Crippen LogP contribution in [0.3, 0.4) is 0 Å². The molecular weight excluding hydrogens is 689 g/mol. The van der Waals surface area contributed by atoms with Gasteiger partial charge in [-0.15, -0.1) is 0 Å². The van der Waals surface area contributed by atoms with Crippen LogP contribution in [0.2, 0.25) is 0 Å². The molecule has 0 saturated heterocycles. The summed E-state index contributed by atoms with van der Waals surface area (Å²) in [7, 11) is 0. The van der Waals surface area contributed by atoms with E-state index in [0.29, 0.717) is 5.82 Å². The monoisotopic (exact) mass is 726 g/mol. The third kappa shape index (κ3) is 5.25. The lowest BCUT2D eigenvalue weighted by Gasteiger charge is -2.23. The Morgan fingerprint density at radius 2 is 0.842 bits per heavy atom. The molecule has 2 heteroatoms. The van der Waals surface area contributed by atoms with Gasteiger partial charge in [0.1, 0.15) is 0 Å². The van der Waals surface area contributed by atoms with E-state index >= 15 is 0 Å². The van der Waals surface area contributed by atoms with Crippen LogP contribution in [0.1, 0.15) is 25.0 Å². The second-order valence-electron chi connectivity index (χ2n) is 15.7. The minimum atomic E-state index is -0.141. The molecule has 11 rings (SSSR count). The molecule has 57 heavy (non-hydrogen) atoms. The second-order valence-corrected chi connectivity index (χ2v) is 15.7. The molecule has 1 aromatic heterocycles. The zero-order valence-electron chi connectivity index (χ0n) is 31.9. The summed E-state index contributed by atoms with van der Waals surface area (Å²) in [6, 6.07) is 70.1. The van der Waals surface area contributed by atoms with E-state index in [4.69, 9.17) is 9.97 Å². The van der Waals surface area contributed by atoms with Crippen molar-refractivity contribution >= 4 is 32.3 Å². The van der Waals surface area contributed by atoms with Gasteiger partial charge in [-0.05, 0) is 95.0 Å². The first-order valence-electron chi connectivity index (χ1n) is 19.8. The average molecular weight is 727 g/mol. The topological polar surface area (TPSA) is 25.8 Å². The predicted molar refractivity (Wildman–Crippen MR) is 239 cm³/mol. The number of hydrogen-bond donors (Lipinski definition) is 0. The zero-order valence-corrected chi connectivity index (χ0v) is 31.9. The van der Waals surface area contributed by atoms with Crippen LogP contribution in [0, 0.1) is 0 Å². The van der Waals surface area contributed by atoms with Crippen LogP contribution in [0.5, 0.6) is 0 Å². The molecule has 0 N–H and O–H groups in total. The van der Waals surface area contributed by atoms with Crippen LogP contribution in [-0.4, -0.2) is 9.97 Å². The fourth-order valence-electron chi connectivity index (χ4n) is 9.38. The van der Waals surface area contributed by atoms with Gasteiger partial charge in [0.2, 0.25) is 0 Å². The van der Waals surface area contributed by atoms with Crippen LogP contribution in [0.4, 0.5) is 0 Å². The SMILES string of the molecule is CC1(C)c2cc3ccccc3cc2-c2c(-c3c4ccccc4c(-c4cc(-c5ccccc5-c5ccccc5)nc(-c5ccccc5)n4)c4ccccc34)cccc21. The number of hydrogen-bond acceptors (Lipinski definition) is 2. The van der Waals surface area contributed by atoms with Crippen LogP contribution in [-0.2, 0) is 5.41 Å². The maximum atomic E-state index is 5.43. The maximum Gasteiger partial charge on any atom is 0.160 e. The lowest BCUT2D eigenvalue weighted by atomic mass is 9.80. The molecule has 0 saturated carbocycles. The van der Waals surface area contributed by atoms with Gasteiger partial charge in [0.15, 0.2) is 5.82 Å². The van der Waals surface area contributed by atoms with E-state index in [-0.39, 0.29) is 5.41 Å². The highest BCUT2D eigenvalue weighted by Crippen LogP contribution is 2.55. The molecular formula is C55H38N2. The second kappa shape index (κ2) is 13.0. The van der Waals surface area contributed by atoms with Gasteiger partial charge in [-0.2, -0.15) is 0 Å². The van der Waals surface area contributed by atoms with E-state index in [0.717, 1.165) is 39.2 Å².